The smallest absolute Gasteiger partial charge is 0.269 e. The Bertz CT molecular complexity index is 360. The van der Waals surface area contributed by atoms with Crippen LogP contribution >= 0.6 is 0 Å². The van der Waals surface area contributed by atoms with Crippen molar-refractivity contribution >= 4 is 11.7 Å². The number of nitrogens with zero attached hydrogens (tertiary/aromatic N) is 2. The number of aromatic nitrogens is 2. The van der Waals surface area contributed by atoms with E-state index < -0.39 is 5.91 Å². The molecule has 0 bridgehead atoms. The van der Waals surface area contributed by atoms with E-state index in [1.165, 1.54) is 0 Å². The lowest BCUT2D eigenvalue weighted by molar-refractivity contribution is 0.0994. The highest BCUT2D eigenvalue weighted by atomic mass is 16.5. The van der Waals surface area contributed by atoms with E-state index >= 15 is 0 Å². The molecular weight excluding hydrogens is 208 g/mol. The molecule has 1 amide bonds. The molecule has 1 saturated heterocycles. The van der Waals surface area contributed by atoms with Crippen LogP contribution in [-0.2, 0) is 4.74 Å². The van der Waals surface area contributed by atoms with Crippen molar-refractivity contribution in [1.29, 1.82) is 0 Å². The third-order valence-corrected chi connectivity index (χ3v) is 2.51. The van der Waals surface area contributed by atoms with Gasteiger partial charge in [0.05, 0.1) is 6.61 Å². The van der Waals surface area contributed by atoms with E-state index in [0.717, 1.165) is 26.2 Å². The second-order valence-electron chi connectivity index (χ2n) is 3.78. The highest BCUT2D eigenvalue weighted by Crippen LogP contribution is 2.12. The standard InChI is InChI=1S/C10H14N4O2/c11-10(15)8-1-2-9(14-13-8)12-5-7-3-4-16-6-7/h1-2,7H,3-6H2,(H2,11,15)(H,12,14). The van der Waals surface area contributed by atoms with Crippen molar-refractivity contribution in [2.24, 2.45) is 11.7 Å². The van der Waals surface area contributed by atoms with Crippen molar-refractivity contribution in [3.05, 3.63) is 17.8 Å². The fraction of sp³-hybridized carbons (Fsp3) is 0.500. The molecule has 2 heterocycles. The predicted molar refractivity (Wildman–Crippen MR) is 58.0 cm³/mol. The van der Waals surface area contributed by atoms with Gasteiger partial charge in [-0.25, -0.2) is 0 Å². The number of nitrogens with two attached hydrogens (primary N) is 1. The summed E-state index contributed by atoms with van der Waals surface area (Å²) in [4.78, 5) is 10.8. The normalized spacial score (nSPS) is 19.6. The number of primary amides is 1. The summed E-state index contributed by atoms with van der Waals surface area (Å²) < 4.78 is 5.26. The molecule has 0 radical (unpaired) electrons. The molecule has 86 valence electrons. The van der Waals surface area contributed by atoms with Crippen molar-refractivity contribution in [2.75, 3.05) is 25.1 Å². The molecule has 6 nitrogen and oxygen atoms in total. The van der Waals surface area contributed by atoms with Crippen molar-refractivity contribution < 1.29 is 9.53 Å². The Labute approximate surface area is 93.2 Å². The lowest BCUT2D eigenvalue weighted by atomic mass is 10.1. The van der Waals surface area contributed by atoms with Crippen molar-refractivity contribution in [2.45, 2.75) is 6.42 Å². The molecule has 1 atom stereocenters. The van der Waals surface area contributed by atoms with Gasteiger partial charge in [-0.3, -0.25) is 4.79 Å². The number of carbonyl (C=O) groups excluding carboxylic acids is 1. The Hall–Kier alpha value is -1.69. The molecule has 0 saturated carbocycles. The summed E-state index contributed by atoms with van der Waals surface area (Å²) in [6, 6.07) is 3.26. The zero-order valence-electron chi connectivity index (χ0n) is 8.85. The topological polar surface area (TPSA) is 90.1 Å². The Morgan fingerprint density at radius 1 is 1.56 bits per heavy atom. The van der Waals surface area contributed by atoms with Gasteiger partial charge < -0.3 is 15.8 Å². The molecule has 2 rings (SSSR count). The third-order valence-electron chi connectivity index (χ3n) is 2.51. The van der Waals surface area contributed by atoms with E-state index in [1.54, 1.807) is 12.1 Å². The van der Waals surface area contributed by atoms with E-state index in [1.807, 2.05) is 0 Å². The first kappa shape index (κ1) is 10.8. The molecular formula is C10H14N4O2. The molecule has 0 spiro atoms. The minimum Gasteiger partial charge on any atom is -0.381 e. The average Bonchev–Trinajstić information content (AvgIpc) is 2.80. The Balaban J connectivity index is 1.87. The van der Waals surface area contributed by atoms with Gasteiger partial charge in [0.1, 0.15) is 5.82 Å². The SMILES string of the molecule is NC(=O)c1ccc(NCC2CCOC2)nn1. The fourth-order valence-electron chi connectivity index (χ4n) is 1.55. The Morgan fingerprint density at radius 3 is 3.00 bits per heavy atom. The third kappa shape index (κ3) is 2.66. The van der Waals surface area contributed by atoms with E-state index in [0.29, 0.717) is 11.7 Å². The second-order valence-corrected chi connectivity index (χ2v) is 3.78. The van der Waals surface area contributed by atoms with Gasteiger partial charge in [0.25, 0.3) is 5.91 Å². The van der Waals surface area contributed by atoms with Gasteiger partial charge in [0.2, 0.25) is 0 Å². The zero-order chi connectivity index (χ0) is 11.4. The first-order valence-corrected chi connectivity index (χ1v) is 5.21. The molecule has 1 aliphatic rings. The molecule has 0 aromatic carbocycles. The molecule has 1 fully saturated rings. The van der Waals surface area contributed by atoms with Gasteiger partial charge >= 0.3 is 0 Å². The van der Waals surface area contributed by atoms with Crippen LogP contribution in [0.1, 0.15) is 16.9 Å². The van der Waals surface area contributed by atoms with Crippen molar-refractivity contribution in [1.82, 2.24) is 10.2 Å². The van der Waals surface area contributed by atoms with Gasteiger partial charge in [-0.15, -0.1) is 10.2 Å². The van der Waals surface area contributed by atoms with Crippen LogP contribution in [0, 0.1) is 5.92 Å². The van der Waals surface area contributed by atoms with Crippen LogP contribution in [0.15, 0.2) is 12.1 Å². The number of carbonyl (C=O) groups is 1. The van der Waals surface area contributed by atoms with Crippen molar-refractivity contribution in [3.63, 3.8) is 0 Å². The summed E-state index contributed by atoms with van der Waals surface area (Å²) in [5.74, 6) is 0.609. The van der Waals surface area contributed by atoms with Crippen LogP contribution in [0.2, 0.25) is 0 Å². The summed E-state index contributed by atoms with van der Waals surface area (Å²) in [6.07, 6.45) is 1.07. The van der Waals surface area contributed by atoms with Gasteiger partial charge in [-0.1, -0.05) is 0 Å². The molecule has 6 heteroatoms. The summed E-state index contributed by atoms with van der Waals surface area (Å²) in [6.45, 7) is 2.43. The highest BCUT2D eigenvalue weighted by molar-refractivity contribution is 5.90. The molecule has 1 aromatic rings. The van der Waals surface area contributed by atoms with Gasteiger partial charge in [-0.05, 0) is 18.6 Å². The summed E-state index contributed by atoms with van der Waals surface area (Å²) in [7, 11) is 0. The second kappa shape index (κ2) is 4.89. The maximum atomic E-state index is 10.8. The maximum absolute atomic E-state index is 10.8. The number of rotatable bonds is 4. The quantitative estimate of drug-likeness (QED) is 0.749. The molecule has 3 N–H and O–H groups in total. The van der Waals surface area contributed by atoms with Crippen LogP contribution in [0.4, 0.5) is 5.82 Å². The number of hydrogen-bond donors (Lipinski definition) is 2. The maximum Gasteiger partial charge on any atom is 0.269 e. The van der Waals surface area contributed by atoms with Crippen molar-refractivity contribution in [3.8, 4) is 0 Å². The van der Waals surface area contributed by atoms with E-state index in [-0.39, 0.29) is 5.69 Å². The summed E-state index contributed by atoms with van der Waals surface area (Å²) >= 11 is 0. The minimum atomic E-state index is -0.566. The largest absolute Gasteiger partial charge is 0.381 e. The van der Waals surface area contributed by atoms with E-state index in [4.69, 9.17) is 10.5 Å². The summed E-state index contributed by atoms with van der Waals surface area (Å²) in [5, 5.41) is 10.7. The Morgan fingerprint density at radius 2 is 2.44 bits per heavy atom. The number of amides is 1. The molecule has 1 unspecified atom stereocenters. The molecule has 0 aliphatic carbocycles. The lowest BCUT2D eigenvalue weighted by Gasteiger charge is -2.09. The average molecular weight is 222 g/mol. The summed E-state index contributed by atoms with van der Waals surface area (Å²) in [5.41, 5.74) is 5.23. The lowest BCUT2D eigenvalue weighted by Crippen LogP contribution is -2.17. The number of hydrogen-bond acceptors (Lipinski definition) is 5. The van der Waals surface area contributed by atoms with Gasteiger partial charge in [-0.2, -0.15) is 0 Å². The van der Waals surface area contributed by atoms with E-state index in [9.17, 15) is 4.79 Å². The molecule has 1 aliphatic heterocycles. The van der Waals surface area contributed by atoms with Gasteiger partial charge in [0, 0.05) is 19.1 Å². The molecule has 16 heavy (non-hydrogen) atoms. The predicted octanol–water partition coefficient (Wildman–Crippen LogP) is 0.0239. The fourth-order valence-corrected chi connectivity index (χ4v) is 1.55. The number of nitrogens with one attached hydrogen (secondary N) is 1. The minimum absolute atomic E-state index is 0.176. The van der Waals surface area contributed by atoms with Crippen LogP contribution < -0.4 is 11.1 Å². The first-order valence-electron chi connectivity index (χ1n) is 5.21. The molecule has 1 aromatic heterocycles. The van der Waals surface area contributed by atoms with Gasteiger partial charge in [0.15, 0.2) is 5.69 Å². The van der Waals surface area contributed by atoms with Crippen LogP contribution in [-0.4, -0.2) is 35.9 Å². The zero-order valence-corrected chi connectivity index (χ0v) is 8.85. The Kier molecular flexibility index (Phi) is 3.31. The number of anilines is 1. The van der Waals surface area contributed by atoms with Crippen LogP contribution in [0.3, 0.4) is 0 Å². The highest BCUT2D eigenvalue weighted by Gasteiger charge is 2.15. The monoisotopic (exact) mass is 222 g/mol. The van der Waals surface area contributed by atoms with Crippen LogP contribution in [0.5, 0.6) is 0 Å². The first-order chi connectivity index (χ1) is 7.75. The van der Waals surface area contributed by atoms with Crippen LogP contribution in [0.25, 0.3) is 0 Å². The number of ether oxygens (including phenoxy) is 1. The van der Waals surface area contributed by atoms with E-state index in [2.05, 4.69) is 15.5 Å².